The lowest BCUT2D eigenvalue weighted by Crippen LogP contribution is -2.49. The monoisotopic (exact) mass is 339 g/mol. The van der Waals surface area contributed by atoms with Gasteiger partial charge in [-0.1, -0.05) is 0 Å². The number of nitrogens with zero attached hydrogens (tertiary/aromatic N) is 2. The van der Waals surface area contributed by atoms with Gasteiger partial charge in [0.25, 0.3) is 0 Å². The van der Waals surface area contributed by atoms with Gasteiger partial charge in [-0.3, -0.25) is 14.5 Å². The maximum atomic E-state index is 13.6. The Bertz CT molecular complexity index is 622. The van der Waals surface area contributed by atoms with Gasteiger partial charge in [-0.05, 0) is 38.4 Å². The van der Waals surface area contributed by atoms with Crippen LogP contribution < -0.4 is 5.32 Å². The molecule has 1 fully saturated rings. The van der Waals surface area contributed by atoms with Crippen molar-refractivity contribution in [2.75, 3.05) is 32.5 Å². The molecular formula is C17H23F2N3O2. The smallest absolute Gasteiger partial charge is 0.241 e. The van der Waals surface area contributed by atoms with E-state index in [9.17, 15) is 18.4 Å². The number of hydrogen-bond acceptors (Lipinski definition) is 3. The maximum Gasteiger partial charge on any atom is 0.241 e. The number of rotatable bonds is 4. The quantitative estimate of drug-likeness (QED) is 0.914. The van der Waals surface area contributed by atoms with E-state index in [1.165, 1.54) is 0 Å². The molecule has 1 aliphatic heterocycles. The zero-order valence-electron chi connectivity index (χ0n) is 14.2. The Labute approximate surface area is 140 Å². The van der Waals surface area contributed by atoms with Crippen molar-refractivity contribution in [1.82, 2.24) is 9.80 Å². The number of anilines is 1. The summed E-state index contributed by atoms with van der Waals surface area (Å²) in [6, 6.07) is 2.39. The highest BCUT2D eigenvalue weighted by Crippen LogP contribution is 2.21. The number of benzene rings is 1. The third-order valence-corrected chi connectivity index (χ3v) is 4.36. The van der Waals surface area contributed by atoms with Crippen LogP contribution in [0.25, 0.3) is 0 Å². The zero-order valence-corrected chi connectivity index (χ0v) is 14.2. The molecule has 1 N–H and O–H groups in total. The van der Waals surface area contributed by atoms with Gasteiger partial charge < -0.3 is 10.2 Å². The lowest BCUT2D eigenvalue weighted by atomic mass is 9.95. The van der Waals surface area contributed by atoms with Crippen LogP contribution in [0.3, 0.4) is 0 Å². The molecule has 7 heteroatoms. The molecule has 0 aromatic heterocycles. The zero-order chi connectivity index (χ0) is 17.9. The Morgan fingerprint density at radius 1 is 1.33 bits per heavy atom. The maximum absolute atomic E-state index is 13.6. The summed E-state index contributed by atoms with van der Waals surface area (Å²) in [6.07, 6.45) is 1.61. The minimum Gasteiger partial charge on any atom is -0.349 e. The number of carbonyl (C=O) groups is 2. The summed E-state index contributed by atoms with van der Waals surface area (Å²) < 4.78 is 26.8. The molecule has 1 heterocycles. The largest absolute Gasteiger partial charge is 0.349 e. The first kappa shape index (κ1) is 18.3. The molecule has 1 aliphatic rings. The summed E-state index contributed by atoms with van der Waals surface area (Å²) >= 11 is 0. The van der Waals surface area contributed by atoms with Gasteiger partial charge in [0.15, 0.2) is 0 Å². The second-order valence-corrected chi connectivity index (χ2v) is 6.36. The van der Waals surface area contributed by atoms with E-state index in [2.05, 4.69) is 5.32 Å². The number of amides is 2. The Morgan fingerprint density at radius 3 is 2.71 bits per heavy atom. The number of nitrogens with one attached hydrogen (secondary N) is 1. The number of hydrogen-bond donors (Lipinski definition) is 1. The molecule has 0 saturated carbocycles. The van der Waals surface area contributed by atoms with Crippen LogP contribution >= 0.6 is 0 Å². The predicted octanol–water partition coefficient (Wildman–Crippen LogP) is 2.09. The van der Waals surface area contributed by atoms with Crippen LogP contribution in [-0.4, -0.2) is 54.8 Å². The highest BCUT2D eigenvalue weighted by molar-refractivity contribution is 5.94. The third-order valence-electron chi connectivity index (χ3n) is 4.36. The van der Waals surface area contributed by atoms with Crippen molar-refractivity contribution in [3.8, 4) is 0 Å². The highest BCUT2D eigenvalue weighted by Gasteiger charge is 2.31. The molecule has 0 aliphatic carbocycles. The number of halogens is 2. The van der Waals surface area contributed by atoms with Crippen LogP contribution in [0.5, 0.6) is 0 Å². The molecule has 24 heavy (non-hydrogen) atoms. The third kappa shape index (κ3) is 4.29. The Hall–Kier alpha value is -2.02. The second kappa shape index (κ2) is 7.70. The summed E-state index contributed by atoms with van der Waals surface area (Å²) in [7, 11) is 3.42. The lowest BCUT2D eigenvalue weighted by molar-refractivity contribution is -0.136. The van der Waals surface area contributed by atoms with E-state index in [1.54, 1.807) is 25.9 Å². The van der Waals surface area contributed by atoms with Gasteiger partial charge in [0.1, 0.15) is 11.6 Å². The van der Waals surface area contributed by atoms with Crippen LogP contribution in [0.4, 0.5) is 14.5 Å². The summed E-state index contributed by atoms with van der Waals surface area (Å²) in [4.78, 5) is 27.9. The molecule has 2 unspecified atom stereocenters. The van der Waals surface area contributed by atoms with Crippen molar-refractivity contribution in [1.29, 1.82) is 0 Å². The average Bonchev–Trinajstić information content (AvgIpc) is 2.56. The lowest BCUT2D eigenvalue weighted by Gasteiger charge is -2.36. The van der Waals surface area contributed by atoms with Crippen LogP contribution in [0.2, 0.25) is 0 Å². The standard InChI is InChI=1S/C17H23F2N3O2/c1-11(16(23)20-15-9-13(18)6-7-14(15)19)22-8-4-5-12(10-22)17(24)21(2)3/h6-7,9,11-12H,4-5,8,10H2,1-3H3,(H,20,23). The predicted molar refractivity (Wildman–Crippen MR) is 87.4 cm³/mol. The number of carbonyl (C=O) groups excluding carboxylic acids is 2. The molecule has 2 atom stereocenters. The van der Waals surface area contributed by atoms with Crippen molar-refractivity contribution < 1.29 is 18.4 Å². The Balaban J connectivity index is 2.02. The van der Waals surface area contributed by atoms with Crippen molar-refractivity contribution >= 4 is 17.5 Å². The molecule has 1 aromatic carbocycles. The van der Waals surface area contributed by atoms with Crippen molar-refractivity contribution in [2.24, 2.45) is 5.92 Å². The fourth-order valence-corrected chi connectivity index (χ4v) is 2.92. The normalized spacial score (nSPS) is 19.6. The average molecular weight is 339 g/mol. The fourth-order valence-electron chi connectivity index (χ4n) is 2.92. The molecule has 0 spiro atoms. The van der Waals surface area contributed by atoms with Gasteiger partial charge in [0.2, 0.25) is 11.8 Å². The van der Waals surface area contributed by atoms with E-state index in [0.29, 0.717) is 13.1 Å². The summed E-state index contributed by atoms with van der Waals surface area (Å²) in [5.41, 5.74) is -0.176. The van der Waals surface area contributed by atoms with Crippen LogP contribution in [0.1, 0.15) is 19.8 Å². The van der Waals surface area contributed by atoms with Crippen molar-refractivity contribution in [3.63, 3.8) is 0 Å². The molecule has 132 valence electrons. The number of likely N-dealkylation sites (tertiary alicyclic amines) is 1. The van der Waals surface area contributed by atoms with E-state index in [0.717, 1.165) is 31.0 Å². The summed E-state index contributed by atoms with van der Waals surface area (Å²) in [6.45, 7) is 2.88. The van der Waals surface area contributed by atoms with E-state index < -0.39 is 23.6 Å². The van der Waals surface area contributed by atoms with Gasteiger partial charge >= 0.3 is 0 Å². The molecular weight excluding hydrogens is 316 g/mol. The first-order valence-electron chi connectivity index (χ1n) is 8.00. The highest BCUT2D eigenvalue weighted by atomic mass is 19.1. The van der Waals surface area contributed by atoms with Gasteiger partial charge in [0, 0.05) is 26.7 Å². The summed E-state index contributed by atoms with van der Waals surface area (Å²) in [5, 5.41) is 2.42. The molecule has 1 aromatic rings. The minimum atomic E-state index is -0.684. The van der Waals surface area contributed by atoms with Crippen molar-refractivity contribution in [3.05, 3.63) is 29.8 Å². The van der Waals surface area contributed by atoms with Crippen molar-refractivity contribution in [2.45, 2.75) is 25.8 Å². The molecule has 1 saturated heterocycles. The van der Waals surface area contributed by atoms with Crippen LogP contribution in [-0.2, 0) is 9.59 Å². The van der Waals surface area contributed by atoms with Gasteiger partial charge in [0.05, 0.1) is 17.6 Å². The first-order chi connectivity index (χ1) is 11.3. The van der Waals surface area contributed by atoms with E-state index in [1.807, 2.05) is 4.90 Å². The van der Waals surface area contributed by atoms with Gasteiger partial charge in [-0.15, -0.1) is 0 Å². The number of piperidine rings is 1. The van der Waals surface area contributed by atoms with E-state index >= 15 is 0 Å². The van der Waals surface area contributed by atoms with Gasteiger partial charge in [-0.25, -0.2) is 8.78 Å². The Kier molecular flexibility index (Phi) is 5.88. The van der Waals surface area contributed by atoms with Gasteiger partial charge in [-0.2, -0.15) is 0 Å². The Morgan fingerprint density at radius 2 is 2.04 bits per heavy atom. The van der Waals surface area contributed by atoms with Crippen LogP contribution in [0.15, 0.2) is 18.2 Å². The summed E-state index contributed by atoms with van der Waals surface area (Å²) in [5.74, 6) is -1.82. The molecule has 0 radical (unpaired) electrons. The fraction of sp³-hybridized carbons (Fsp3) is 0.529. The van der Waals surface area contributed by atoms with E-state index in [-0.39, 0.29) is 17.5 Å². The first-order valence-corrected chi connectivity index (χ1v) is 8.00. The molecule has 0 bridgehead atoms. The molecule has 2 amide bonds. The SMILES string of the molecule is CC(C(=O)Nc1cc(F)ccc1F)N1CCCC(C(=O)N(C)C)C1. The molecule has 2 rings (SSSR count). The van der Waals surface area contributed by atoms with E-state index in [4.69, 9.17) is 0 Å². The topological polar surface area (TPSA) is 52.7 Å². The molecule has 5 nitrogen and oxygen atoms in total. The second-order valence-electron chi connectivity index (χ2n) is 6.36. The van der Waals surface area contributed by atoms with Crippen LogP contribution in [0, 0.1) is 17.6 Å². The minimum absolute atomic E-state index is 0.0449.